The van der Waals surface area contributed by atoms with Gasteiger partial charge in [0.25, 0.3) is 11.8 Å². The molecule has 1 heterocycles. The van der Waals surface area contributed by atoms with Gasteiger partial charge in [0.1, 0.15) is 6.10 Å². The molecule has 0 aromatic heterocycles. The summed E-state index contributed by atoms with van der Waals surface area (Å²) in [6.45, 7) is 2.67. The summed E-state index contributed by atoms with van der Waals surface area (Å²) in [6.07, 6.45) is 11.9. The molecule has 2 saturated carbocycles. The first-order chi connectivity index (χ1) is 17.1. The molecular weight excluding hydrogens is 436 g/mol. The van der Waals surface area contributed by atoms with Gasteiger partial charge in [-0.3, -0.25) is 9.59 Å². The van der Waals surface area contributed by atoms with Crippen molar-refractivity contribution in [1.82, 2.24) is 10.2 Å². The molecule has 2 atom stereocenters. The number of fused-ring (bicyclic) bond motifs is 1. The van der Waals surface area contributed by atoms with Gasteiger partial charge in [0.05, 0.1) is 6.04 Å². The van der Waals surface area contributed by atoms with E-state index in [4.69, 9.17) is 4.74 Å². The van der Waals surface area contributed by atoms with Crippen molar-refractivity contribution in [3.8, 4) is 0 Å². The predicted octanol–water partition coefficient (Wildman–Crippen LogP) is 5.77. The number of morpholine rings is 1. The van der Waals surface area contributed by atoms with Gasteiger partial charge in [0.15, 0.2) is 5.76 Å². The molecule has 1 N–H and O–H groups in total. The van der Waals surface area contributed by atoms with Crippen molar-refractivity contribution >= 4 is 17.9 Å². The number of amides is 2. The number of aryl methyl sites for hydroxylation is 1. The molecule has 184 valence electrons. The number of hydrogen-bond donors (Lipinski definition) is 1. The number of benzene rings is 2. The van der Waals surface area contributed by atoms with E-state index in [9.17, 15) is 9.59 Å². The van der Waals surface area contributed by atoms with E-state index >= 15 is 0 Å². The molecule has 0 bridgehead atoms. The zero-order valence-electron chi connectivity index (χ0n) is 20.7. The largest absolute Gasteiger partial charge is 0.482 e. The molecule has 0 radical (unpaired) electrons. The van der Waals surface area contributed by atoms with E-state index in [0.717, 1.165) is 49.7 Å². The van der Waals surface area contributed by atoms with E-state index in [1.807, 2.05) is 35.2 Å². The van der Waals surface area contributed by atoms with Crippen LogP contribution in [0.15, 0.2) is 54.3 Å². The smallest absolute Gasteiger partial charge is 0.289 e. The average molecular weight is 473 g/mol. The number of hydrogen-bond acceptors (Lipinski definition) is 3. The van der Waals surface area contributed by atoms with Crippen LogP contribution in [0.2, 0.25) is 0 Å². The minimum Gasteiger partial charge on any atom is -0.482 e. The second kappa shape index (κ2) is 10.7. The molecule has 5 rings (SSSR count). The highest BCUT2D eigenvalue weighted by molar-refractivity contribution is 5.97. The zero-order chi connectivity index (χ0) is 24.2. The molecule has 1 saturated heterocycles. The van der Waals surface area contributed by atoms with Crippen molar-refractivity contribution in [2.45, 2.75) is 89.4 Å². The number of nitrogens with one attached hydrogen (secondary N) is 1. The Morgan fingerprint density at radius 1 is 0.943 bits per heavy atom. The van der Waals surface area contributed by atoms with Crippen molar-refractivity contribution in [1.29, 1.82) is 0 Å². The molecule has 1 aliphatic heterocycles. The third kappa shape index (κ3) is 5.61. The van der Waals surface area contributed by atoms with Crippen LogP contribution in [-0.4, -0.2) is 34.9 Å². The normalized spacial score (nSPS) is 24.1. The first-order valence-electron chi connectivity index (χ1n) is 13.2. The first-order valence-corrected chi connectivity index (χ1v) is 13.2. The zero-order valence-corrected chi connectivity index (χ0v) is 20.7. The first kappa shape index (κ1) is 23.7. The van der Waals surface area contributed by atoms with Crippen molar-refractivity contribution in [3.63, 3.8) is 0 Å². The van der Waals surface area contributed by atoms with Gasteiger partial charge in [-0.25, -0.2) is 0 Å². The van der Waals surface area contributed by atoms with Crippen molar-refractivity contribution in [2.75, 3.05) is 0 Å². The van der Waals surface area contributed by atoms with E-state index in [2.05, 4.69) is 36.5 Å². The van der Waals surface area contributed by atoms with Gasteiger partial charge in [-0.1, -0.05) is 67.6 Å². The van der Waals surface area contributed by atoms with Crippen LogP contribution in [0, 0.1) is 6.92 Å². The molecule has 2 aromatic carbocycles. The van der Waals surface area contributed by atoms with Crippen molar-refractivity contribution in [3.05, 3.63) is 76.5 Å². The summed E-state index contributed by atoms with van der Waals surface area (Å²) in [4.78, 5) is 28.2. The molecule has 5 nitrogen and oxygen atoms in total. The topological polar surface area (TPSA) is 58.6 Å². The standard InChI is InChI=1S/C30H36N2O3/c1-21-11-13-23(14-12-21)20-32-26-9-5-6-10-27(26)35-28(30(32)34)19-22-15-17-24(18-16-22)29(33)31-25-7-3-2-4-8-25/h11-19,25-27H,2-10,20H2,1H3,(H,31,33)/b28-19+. The number of rotatable bonds is 5. The Kier molecular flexibility index (Phi) is 7.21. The van der Waals surface area contributed by atoms with Crippen LogP contribution in [-0.2, 0) is 16.1 Å². The highest BCUT2D eigenvalue weighted by Crippen LogP contribution is 2.34. The summed E-state index contributed by atoms with van der Waals surface area (Å²) in [5.41, 5.74) is 3.88. The predicted molar refractivity (Wildman–Crippen MR) is 138 cm³/mol. The minimum atomic E-state index is -0.0483. The lowest BCUT2D eigenvalue weighted by Crippen LogP contribution is -2.54. The van der Waals surface area contributed by atoms with Gasteiger partial charge >= 0.3 is 0 Å². The highest BCUT2D eigenvalue weighted by atomic mass is 16.5. The lowest BCUT2D eigenvalue weighted by Gasteiger charge is -2.44. The Labute approximate surface area is 208 Å². The molecule has 5 heteroatoms. The van der Waals surface area contributed by atoms with E-state index in [-0.39, 0.29) is 30.0 Å². The average Bonchev–Trinajstić information content (AvgIpc) is 2.88. The van der Waals surface area contributed by atoms with Gasteiger partial charge in [0.2, 0.25) is 0 Å². The van der Waals surface area contributed by atoms with Crippen LogP contribution in [0.3, 0.4) is 0 Å². The number of nitrogens with zero attached hydrogens (tertiary/aromatic N) is 1. The number of ether oxygens (including phenoxy) is 1. The van der Waals surface area contributed by atoms with Crippen molar-refractivity contribution < 1.29 is 14.3 Å². The quantitative estimate of drug-likeness (QED) is 0.562. The molecule has 2 amide bonds. The molecular formula is C30H36N2O3. The van der Waals surface area contributed by atoms with Gasteiger partial charge in [0, 0.05) is 18.2 Å². The Morgan fingerprint density at radius 3 is 2.37 bits per heavy atom. The number of carbonyl (C=O) groups excluding carboxylic acids is 2. The van der Waals surface area contributed by atoms with Gasteiger partial charge in [-0.2, -0.15) is 0 Å². The van der Waals surface area contributed by atoms with Gasteiger partial charge < -0.3 is 15.0 Å². The van der Waals surface area contributed by atoms with Crippen LogP contribution in [0.1, 0.15) is 84.8 Å². The summed E-state index contributed by atoms with van der Waals surface area (Å²) in [5.74, 6) is 0.336. The maximum Gasteiger partial charge on any atom is 0.289 e. The second-order valence-electron chi connectivity index (χ2n) is 10.4. The summed E-state index contributed by atoms with van der Waals surface area (Å²) in [6, 6.07) is 16.3. The van der Waals surface area contributed by atoms with Gasteiger partial charge in [-0.05, 0) is 68.4 Å². The summed E-state index contributed by atoms with van der Waals surface area (Å²) in [5, 5.41) is 3.17. The lowest BCUT2D eigenvalue weighted by molar-refractivity contribution is -0.149. The fraction of sp³-hybridized carbons (Fsp3) is 0.467. The van der Waals surface area contributed by atoms with Crippen LogP contribution in [0.4, 0.5) is 0 Å². The SMILES string of the molecule is Cc1ccc(CN2C(=O)/C(=C\c3ccc(C(=O)NC4CCCCC4)cc3)OC3CCCCC32)cc1. The maximum atomic E-state index is 13.5. The molecule has 35 heavy (non-hydrogen) atoms. The lowest BCUT2D eigenvalue weighted by atomic mass is 9.89. The monoisotopic (exact) mass is 472 g/mol. The Bertz CT molecular complexity index is 1070. The fourth-order valence-electron chi connectivity index (χ4n) is 5.65. The van der Waals surface area contributed by atoms with E-state index in [1.54, 1.807) is 0 Å². The molecule has 3 aliphatic rings. The van der Waals surface area contributed by atoms with Crippen LogP contribution >= 0.6 is 0 Å². The van der Waals surface area contributed by atoms with E-state index < -0.39 is 0 Å². The Balaban J connectivity index is 1.31. The third-order valence-corrected chi connectivity index (χ3v) is 7.70. The summed E-state index contributed by atoms with van der Waals surface area (Å²) < 4.78 is 6.26. The molecule has 2 unspecified atom stereocenters. The second-order valence-corrected chi connectivity index (χ2v) is 10.4. The highest BCUT2D eigenvalue weighted by Gasteiger charge is 2.41. The summed E-state index contributed by atoms with van der Waals surface area (Å²) in [7, 11) is 0. The molecule has 0 spiro atoms. The van der Waals surface area contributed by atoms with E-state index in [0.29, 0.717) is 17.9 Å². The van der Waals surface area contributed by atoms with E-state index in [1.165, 1.54) is 24.8 Å². The van der Waals surface area contributed by atoms with Crippen LogP contribution < -0.4 is 5.32 Å². The minimum absolute atomic E-state index is 0.0181. The molecule has 2 aliphatic carbocycles. The fourth-order valence-corrected chi connectivity index (χ4v) is 5.65. The van der Waals surface area contributed by atoms with Crippen LogP contribution in [0.5, 0.6) is 0 Å². The molecule has 3 fully saturated rings. The third-order valence-electron chi connectivity index (χ3n) is 7.70. The Hall–Kier alpha value is -3.08. The summed E-state index contributed by atoms with van der Waals surface area (Å²) >= 11 is 0. The molecule has 2 aromatic rings. The maximum absolute atomic E-state index is 13.5. The Morgan fingerprint density at radius 2 is 1.63 bits per heavy atom. The van der Waals surface area contributed by atoms with Crippen molar-refractivity contribution in [2.24, 2.45) is 0 Å². The number of carbonyl (C=O) groups is 2. The van der Waals surface area contributed by atoms with Gasteiger partial charge in [-0.15, -0.1) is 0 Å². The van der Waals surface area contributed by atoms with Crippen LogP contribution in [0.25, 0.3) is 6.08 Å².